The molecule has 1 saturated carbocycles. The summed E-state index contributed by atoms with van der Waals surface area (Å²) >= 11 is 3.41. The van der Waals surface area contributed by atoms with Crippen molar-refractivity contribution in [1.82, 2.24) is 5.32 Å². The maximum Gasteiger partial charge on any atom is 0.325 e. The van der Waals surface area contributed by atoms with Crippen LogP contribution >= 0.6 is 15.9 Å². The van der Waals surface area contributed by atoms with Gasteiger partial charge in [-0.25, -0.2) is 0 Å². The summed E-state index contributed by atoms with van der Waals surface area (Å²) in [5.74, 6) is 0.362. The molecule has 1 aromatic rings. The van der Waals surface area contributed by atoms with Crippen molar-refractivity contribution in [1.29, 1.82) is 0 Å². The predicted octanol–water partition coefficient (Wildman–Crippen LogP) is 2.10. The third-order valence-corrected chi connectivity index (χ3v) is 3.77. The van der Waals surface area contributed by atoms with E-state index in [-0.39, 0.29) is 0 Å². The Balaban J connectivity index is 1.93. The summed E-state index contributed by atoms with van der Waals surface area (Å²) in [4.78, 5) is 11.4. The van der Waals surface area contributed by atoms with Gasteiger partial charge in [-0.1, -0.05) is 0 Å². The zero-order valence-corrected chi connectivity index (χ0v) is 11.8. The number of carboxylic acids is 1. The van der Waals surface area contributed by atoms with Crippen molar-refractivity contribution in [3.8, 4) is 11.5 Å². The van der Waals surface area contributed by atoms with Crippen molar-refractivity contribution < 1.29 is 19.4 Å². The average Bonchev–Trinajstić information content (AvgIpc) is 3.19. The summed E-state index contributed by atoms with van der Waals surface area (Å²) in [6, 6.07) is 3.13. The van der Waals surface area contributed by atoms with Gasteiger partial charge in [-0.15, -0.1) is 0 Å². The second-order valence-corrected chi connectivity index (χ2v) is 5.59. The van der Waals surface area contributed by atoms with Crippen LogP contribution < -0.4 is 14.8 Å². The van der Waals surface area contributed by atoms with E-state index in [0.29, 0.717) is 36.3 Å². The van der Waals surface area contributed by atoms with E-state index in [1.165, 1.54) is 0 Å². The molecule has 1 aromatic carbocycles. The topological polar surface area (TPSA) is 67.8 Å². The normalized spacial score (nSPS) is 19.0. The third kappa shape index (κ3) is 2.69. The van der Waals surface area contributed by atoms with Crippen LogP contribution in [-0.2, 0) is 4.79 Å². The number of carbonyl (C=O) groups is 1. The van der Waals surface area contributed by atoms with E-state index in [4.69, 9.17) is 9.47 Å². The van der Waals surface area contributed by atoms with Crippen molar-refractivity contribution in [2.75, 3.05) is 13.2 Å². The molecule has 19 heavy (non-hydrogen) atoms. The second-order valence-electron chi connectivity index (χ2n) is 4.74. The molecule has 0 amide bonds. The van der Waals surface area contributed by atoms with Gasteiger partial charge < -0.3 is 14.6 Å². The molecule has 0 radical (unpaired) electrons. The Morgan fingerprint density at radius 3 is 2.79 bits per heavy atom. The number of aliphatic carboxylic acids is 1. The first-order valence-electron chi connectivity index (χ1n) is 6.23. The van der Waals surface area contributed by atoms with Crippen molar-refractivity contribution in [2.24, 2.45) is 0 Å². The molecule has 1 fully saturated rings. The van der Waals surface area contributed by atoms with Crippen molar-refractivity contribution >= 4 is 21.9 Å². The maximum atomic E-state index is 11.4. The summed E-state index contributed by atoms with van der Waals surface area (Å²) in [7, 11) is 0. The lowest BCUT2D eigenvalue weighted by Crippen LogP contribution is -2.30. The highest BCUT2D eigenvalue weighted by molar-refractivity contribution is 9.10. The van der Waals surface area contributed by atoms with E-state index in [2.05, 4.69) is 21.2 Å². The minimum Gasteiger partial charge on any atom is -0.486 e. The Bertz CT molecular complexity index is 516. The van der Waals surface area contributed by atoms with Crippen molar-refractivity contribution in [3.63, 3.8) is 0 Å². The summed E-state index contributed by atoms with van der Waals surface area (Å²) in [5, 5.41) is 12.5. The van der Waals surface area contributed by atoms with E-state index in [1.54, 1.807) is 12.1 Å². The quantitative estimate of drug-likeness (QED) is 0.886. The van der Waals surface area contributed by atoms with Gasteiger partial charge in [0.25, 0.3) is 0 Å². The van der Waals surface area contributed by atoms with E-state index in [0.717, 1.165) is 17.3 Å². The van der Waals surface area contributed by atoms with Gasteiger partial charge in [-0.05, 0) is 46.5 Å². The molecule has 0 saturated heterocycles. The Morgan fingerprint density at radius 2 is 2.11 bits per heavy atom. The highest BCUT2D eigenvalue weighted by Crippen LogP contribution is 2.40. The standard InChI is InChI=1S/C13H14BrNO4/c14-9-5-7(6-10-12(9)19-4-3-18-10)11(13(16)17)15-8-1-2-8/h5-6,8,11,15H,1-4H2,(H,16,17). The number of fused-ring (bicyclic) bond motifs is 1. The molecule has 5 nitrogen and oxygen atoms in total. The highest BCUT2D eigenvalue weighted by atomic mass is 79.9. The second kappa shape index (κ2) is 5.02. The lowest BCUT2D eigenvalue weighted by Gasteiger charge is -2.22. The number of hydrogen-bond donors (Lipinski definition) is 2. The molecule has 102 valence electrons. The smallest absolute Gasteiger partial charge is 0.325 e. The number of rotatable bonds is 4. The number of halogens is 1. The minimum atomic E-state index is -0.879. The SMILES string of the molecule is O=C(O)C(NC1CC1)c1cc(Br)c2c(c1)OCCO2. The van der Waals surface area contributed by atoms with Gasteiger partial charge >= 0.3 is 5.97 Å². The van der Waals surface area contributed by atoms with Crippen LogP contribution in [0.2, 0.25) is 0 Å². The van der Waals surface area contributed by atoms with Gasteiger partial charge in [-0.3, -0.25) is 10.1 Å². The van der Waals surface area contributed by atoms with Crippen LogP contribution in [0.3, 0.4) is 0 Å². The molecule has 0 aromatic heterocycles. The van der Waals surface area contributed by atoms with Crippen LogP contribution in [0, 0.1) is 0 Å². The van der Waals surface area contributed by atoms with Gasteiger partial charge in [0.15, 0.2) is 11.5 Å². The lowest BCUT2D eigenvalue weighted by atomic mass is 10.1. The van der Waals surface area contributed by atoms with Crippen LogP contribution in [0.25, 0.3) is 0 Å². The molecule has 0 spiro atoms. The van der Waals surface area contributed by atoms with Crippen LogP contribution in [0.4, 0.5) is 0 Å². The van der Waals surface area contributed by atoms with Gasteiger partial charge in [-0.2, -0.15) is 0 Å². The Morgan fingerprint density at radius 1 is 1.37 bits per heavy atom. The summed E-state index contributed by atoms with van der Waals surface area (Å²) in [6.45, 7) is 0.990. The number of benzene rings is 1. The molecule has 3 rings (SSSR count). The fourth-order valence-electron chi connectivity index (χ4n) is 2.09. The van der Waals surface area contributed by atoms with Gasteiger partial charge in [0.05, 0.1) is 4.47 Å². The first-order valence-corrected chi connectivity index (χ1v) is 7.02. The Labute approximate surface area is 119 Å². The molecular weight excluding hydrogens is 314 g/mol. The molecule has 1 aliphatic heterocycles. The molecule has 2 aliphatic rings. The number of nitrogens with one attached hydrogen (secondary N) is 1. The maximum absolute atomic E-state index is 11.4. The number of ether oxygens (including phenoxy) is 2. The molecule has 6 heteroatoms. The van der Waals surface area contributed by atoms with Crippen LogP contribution in [0.5, 0.6) is 11.5 Å². The fourth-order valence-corrected chi connectivity index (χ4v) is 2.67. The largest absolute Gasteiger partial charge is 0.486 e. The molecule has 0 bridgehead atoms. The van der Waals surface area contributed by atoms with Crippen molar-refractivity contribution in [2.45, 2.75) is 24.9 Å². The average molecular weight is 328 g/mol. The molecular formula is C13H14BrNO4. The minimum absolute atomic E-state index is 0.313. The zero-order valence-electron chi connectivity index (χ0n) is 10.2. The van der Waals surface area contributed by atoms with E-state index < -0.39 is 12.0 Å². The Kier molecular flexibility index (Phi) is 3.36. The summed E-state index contributed by atoms with van der Waals surface area (Å²) in [6.07, 6.45) is 2.07. The van der Waals surface area contributed by atoms with E-state index in [9.17, 15) is 9.90 Å². The fraction of sp³-hybridized carbons (Fsp3) is 0.462. The van der Waals surface area contributed by atoms with Crippen LogP contribution in [0.15, 0.2) is 16.6 Å². The van der Waals surface area contributed by atoms with Crippen LogP contribution in [-0.4, -0.2) is 30.3 Å². The van der Waals surface area contributed by atoms with E-state index >= 15 is 0 Å². The summed E-state index contributed by atoms with van der Waals surface area (Å²) in [5.41, 5.74) is 0.676. The lowest BCUT2D eigenvalue weighted by molar-refractivity contribution is -0.139. The van der Waals surface area contributed by atoms with Crippen molar-refractivity contribution in [3.05, 3.63) is 22.2 Å². The zero-order chi connectivity index (χ0) is 13.4. The summed E-state index contributed by atoms with van der Waals surface area (Å²) < 4.78 is 11.7. The van der Waals surface area contributed by atoms with Crippen LogP contribution in [0.1, 0.15) is 24.4 Å². The third-order valence-electron chi connectivity index (χ3n) is 3.18. The molecule has 1 heterocycles. The first-order chi connectivity index (χ1) is 9.15. The number of carboxylic acid groups (broad SMARTS) is 1. The Hall–Kier alpha value is -1.27. The predicted molar refractivity (Wildman–Crippen MR) is 71.7 cm³/mol. The first kappa shape index (κ1) is 12.7. The number of hydrogen-bond acceptors (Lipinski definition) is 4. The molecule has 1 aliphatic carbocycles. The monoisotopic (exact) mass is 327 g/mol. The van der Waals surface area contributed by atoms with Gasteiger partial charge in [0.2, 0.25) is 0 Å². The van der Waals surface area contributed by atoms with E-state index in [1.807, 2.05) is 0 Å². The molecule has 1 atom stereocenters. The molecule has 2 N–H and O–H groups in total. The molecule has 1 unspecified atom stereocenters. The highest BCUT2D eigenvalue weighted by Gasteiger charge is 2.30. The van der Waals surface area contributed by atoms with Gasteiger partial charge in [0.1, 0.15) is 19.3 Å². The van der Waals surface area contributed by atoms with Gasteiger partial charge in [0, 0.05) is 6.04 Å².